The molecule has 1 nitrogen and oxygen atoms in total. The van der Waals surface area contributed by atoms with E-state index in [1.165, 1.54) is 22.0 Å². The molecule has 2 aromatic rings. The summed E-state index contributed by atoms with van der Waals surface area (Å²) < 4.78 is 2.38. The summed E-state index contributed by atoms with van der Waals surface area (Å²) in [6, 6.07) is 8.73. The van der Waals surface area contributed by atoms with Crippen LogP contribution in [0.4, 0.5) is 0 Å². The standard InChI is InChI=1S/C17H23N/c1-5-14(4)11-18-12-15(10-13(2)3)16-8-6-7-9-17(16)18/h5-9,12-13H,10-11H2,1-4H3. The van der Waals surface area contributed by atoms with E-state index in [-0.39, 0.29) is 0 Å². The monoisotopic (exact) mass is 241 g/mol. The molecule has 0 saturated heterocycles. The minimum atomic E-state index is 0.701. The zero-order valence-corrected chi connectivity index (χ0v) is 11.9. The summed E-state index contributed by atoms with van der Waals surface area (Å²) in [5.74, 6) is 0.701. The molecule has 0 aliphatic heterocycles. The van der Waals surface area contributed by atoms with Crippen molar-refractivity contribution in [1.82, 2.24) is 4.57 Å². The molecule has 18 heavy (non-hydrogen) atoms. The van der Waals surface area contributed by atoms with Crippen LogP contribution in [0.5, 0.6) is 0 Å². The maximum Gasteiger partial charge on any atom is 0.0486 e. The highest BCUT2D eigenvalue weighted by Gasteiger charge is 2.09. The van der Waals surface area contributed by atoms with E-state index in [1.54, 1.807) is 0 Å². The van der Waals surface area contributed by atoms with Gasteiger partial charge in [-0.05, 0) is 37.8 Å². The minimum Gasteiger partial charge on any atom is -0.343 e. The van der Waals surface area contributed by atoms with Crippen molar-refractivity contribution >= 4 is 10.9 Å². The van der Waals surface area contributed by atoms with Crippen LogP contribution in [0.15, 0.2) is 42.1 Å². The molecule has 0 aliphatic carbocycles. The molecule has 0 fully saturated rings. The van der Waals surface area contributed by atoms with Crippen molar-refractivity contribution in [2.24, 2.45) is 5.92 Å². The summed E-state index contributed by atoms with van der Waals surface area (Å²) in [5, 5.41) is 1.41. The van der Waals surface area contributed by atoms with Gasteiger partial charge in [0.25, 0.3) is 0 Å². The van der Waals surface area contributed by atoms with Crippen molar-refractivity contribution in [3.63, 3.8) is 0 Å². The summed E-state index contributed by atoms with van der Waals surface area (Å²) in [6.45, 7) is 9.86. The van der Waals surface area contributed by atoms with Gasteiger partial charge >= 0.3 is 0 Å². The normalized spacial score (nSPS) is 12.6. The lowest BCUT2D eigenvalue weighted by Gasteiger charge is -2.04. The molecule has 0 unspecified atom stereocenters. The van der Waals surface area contributed by atoms with Gasteiger partial charge in [-0.1, -0.05) is 43.7 Å². The Labute approximate surface area is 110 Å². The zero-order chi connectivity index (χ0) is 13.1. The van der Waals surface area contributed by atoms with Gasteiger partial charge in [-0.15, -0.1) is 0 Å². The van der Waals surface area contributed by atoms with E-state index in [1.807, 2.05) is 0 Å². The Balaban J connectivity index is 2.47. The summed E-state index contributed by atoms with van der Waals surface area (Å²) in [4.78, 5) is 0. The number of hydrogen-bond acceptors (Lipinski definition) is 0. The van der Waals surface area contributed by atoms with Crippen LogP contribution in [0.1, 0.15) is 33.3 Å². The second kappa shape index (κ2) is 5.43. The van der Waals surface area contributed by atoms with Crippen molar-refractivity contribution in [1.29, 1.82) is 0 Å². The summed E-state index contributed by atoms with van der Waals surface area (Å²) >= 11 is 0. The first-order valence-electron chi connectivity index (χ1n) is 6.80. The van der Waals surface area contributed by atoms with Crippen LogP contribution in [-0.2, 0) is 13.0 Å². The molecule has 0 atom stereocenters. The average Bonchev–Trinajstić information content (AvgIpc) is 2.67. The molecular weight excluding hydrogens is 218 g/mol. The average molecular weight is 241 g/mol. The van der Waals surface area contributed by atoms with Crippen molar-refractivity contribution in [2.45, 2.75) is 40.7 Å². The van der Waals surface area contributed by atoms with Gasteiger partial charge in [0.05, 0.1) is 0 Å². The van der Waals surface area contributed by atoms with E-state index < -0.39 is 0 Å². The molecule has 1 heteroatoms. The van der Waals surface area contributed by atoms with Crippen LogP contribution in [0.2, 0.25) is 0 Å². The quantitative estimate of drug-likeness (QED) is 0.677. The second-order valence-corrected chi connectivity index (χ2v) is 5.53. The summed E-state index contributed by atoms with van der Waals surface area (Å²) in [6.07, 6.45) is 5.68. The van der Waals surface area contributed by atoms with Gasteiger partial charge in [0.15, 0.2) is 0 Å². The highest BCUT2D eigenvalue weighted by Crippen LogP contribution is 2.24. The van der Waals surface area contributed by atoms with Gasteiger partial charge in [-0.2, -0.15) is 0 Å². The number of allylic oxidation sites excluding steroid dienone is 2. The van der Waals surface area contributed by atoms with E-state index in [9.17, 15) is 0 Å². The Hall–Kier alpha value is -1.50. The van der Waals surface area contributed by atoms with Gasteiger partial charge in [-0.3, -0.25) is 0 Å². The van der Waals surface area contributed by atoms with Crippen molar-refractivity contribution in [3.8, 4) is 0 Å². The molecule has 1 heterocycles. The Bertz CT molecular complexity index is 558. The second-order valence-electron chi connectivity index (χ2n) is 5.53. The van der Waals surface area contributed by atoms with E-state index in [0.717, 1.165) is 13.0 Å². The maximum absolute atomic E-state index is 2.38. The van der Waals surface area contributed by atoms with Crippen LogP contribution < -0.4 is 0 Å². The van der Waals surface area contributed by atoms with Gasteiger partial charge in [0.2, 0.25) is 0 Å². The molecule has 1 aromatic heterocycles. The Morgan fingerprint density at radius 1 is 1.28 bits per heavy atom. The van der Waals surface area contributed by atoms with Crippen LogP contribution in [-0.4, -0.2) is 4.57 Å². The third-order valence-electron chi connectivity index (χ3n) is 3.41. The Morgan fingerprint density at radius 2 is 2.00 bits per heavy atom. The maximum atomic E-state index is 2.38. The van der Waals surface area contributed by atoms with Crippen molar-refractivity contribution in [2.75, 3.05) is 0 Å². The molecular formula is C17H23N. The SMILES string of the molecule is CC=C(C)Cn1cc(CC(C)C)c2ccccc21. The van der Waals surface area contributed by atoms with Crippen LogP contribution in [0, 0.1) is 5.92 Å². The molecule has 0 radical (unpaired) electrons. The predicted octanol–water partition coefficient (Wildman–Crippen LogP) is 4.81. The number of nitrogens with zero attached hydrogens (tertiary/aromatic N) is 1. The van der Waals surface area contributed by atoms with E-state index in [4.69, 9.17) is 0 Å². The first-order valence-corrected chi connectivity index (χ1v) is 6.80. The van der Waals surface area contributed by atoms with Crippen LogP contribution in [0.3, 0.4) is 0 Å². The highest BCUT2D eigenvalue weighted by atomic mass is 15.0. The number of benzene rings is 1. The molecule has 0 N–H and O–H groups in total. The number of hydrogen-bond donors (Lipinski definition) is 0. The predicted molar refractivity (Wildman–Crippen MR) is 79.9 cm³/mol. The van der Waals surface area contributed by atoms with Gasteiger partial charge in [0, 0.05) is 23.6 Å². The Kier molecular flexibility index (Phi) is 3.90. The first-order chi connectivity index (χ1) is 8.61. The summed E-state index contributed by atoms with van der Waals surface area (Å²) in [7, 11) is 0. The van der Waals surface area contributed by atoms with Gasteiger partial charge in [-0.25, -0.2) is 0 Å². The fourth-order valence-corrected chi connectivity index (χ4v) is 2.42. The molecule has 0 spiro atoms. The third-order valence-corrected chi connectivity index (χ3v) is 3.41. The van der Waals surface area contributed by atoms with E-state index in [2.05, 4.69) is 68.8 Å². The molecule has 0 aliphatic rings. The lowest BCUT2D eigenvalue weighted by molar-refractivity contribution is 0.647. The first kappa shape index (κ1) is 12.9. The van der Waals surface area contributed by atoms with Gasteiger partial charge in [0.1, 0.15) is 0 Å². The molecule has 2 rings (SSSR count). The topological polar surface area (TPSA) is 4.93 Å². The summed E-state index contributed by atoms with van der Waals surface area (Å²) in [5.41, 5.74) is 4.24. The highest BCUT2D eigenvalue weighted by molar-refractivity contribution is 5.84. The largest absolute Gasteiger partial charge is 0.343 e. The van der Waals surface area contributed by atoms with Crippen molar-refractivity contribution < 1.29 is 0 Å². The number of fused-ring (bicyclic) bond motifs is 1. The minimum absolute atomic E-state index is 0.701. The number of para-hydroxylation sites is 1. The molecule has 0 bridgehead atoms. The molecule has 1 aromatic carbocycles. The lowest BCUT2D eigenvalue weighted by Crippen LogP contribution is -1.97. The van der Waals surface area contributed by atoms with Crippen molar-refractivity contribution in [3.05, 3.63) is 47.7 Å². The van der Waals surface area contributed by atoms with Gasteiger partial charge < -0.3 is 4.57 Å². The van der Waals surface area contributed by atoms with E-state index in [0.29, 0.717) is 5.92 Å². The third kappa shape index (κ3) is 2.66. The van der Waals surface area contributed by atoms with Crippen LogP contribution in [0.25, 0.3) is 10.9 Å². The zero-order valence-electron chi connectivity index (χ0n) is 11.9. The molecule has 0 amide bonds. The molecule has 96 valence electrons. The number of aromatic nitrogens is 1. The number of rotatable bonds is 4. The Morgan fingerprint density at radius 3 is 2.67 bits per heavy atom. The molecule has 0 saturated carbocycles. The lowest BCUT2D eigenvalue weighted by atomic mass is 10.0. The fraction of sp³-hybridized carbons (Fsp3) is 0.412. The fourth-order valence-electron chi connectivity index (χ4n) is 2.42. The van der Waals surface area contributed by atoms with Crippen LogP contribution >= 0.6 is 0 Å². The van der Waals surface area contributed by atoms with E-state index >= 15 is 0 Å². The smallest absolute Gasteiger partial charge is 0.0486 e.